The third kappa shape index (κ3) is 3.34. The average molecular weight is 261 g/mol. The van der Waals surface area contributed by atoms with Gasteiger partial charge in [-0.25, -0.2) is 0 Å². The molecule has 1 aliphatic rings. The van der Waals surface area contributed by atoms with E-state index in [9.17, 15) is 9.59 Å². The number of hydrogen-bond donors (Lipinski definition) is 1. The van der Waals surface area contributed by atoms with Crippen LogP contribution in [0, 0.1) is 5.92 Å². The van der Waals surface area contributed by atoms with Gasteiger partial charge in [0.1, 0.15) is 0 Å². The van der Waals surface area contributed by atoms with E-state index in [0.717, 1.165) is 30.5 Å². The molecule has 0 spiro atoms. The number of hydrogen-bond acceptors (Lipinski definition) is 2. The van der Waals surface area contributed by atoms with Gasteiger partial charge < -0.3 is 10.0 Å². The summed E-state index contributed by atoms with van der Waals surface area (Å²) in [6.45, 7) is 2.29. The molecule has 2 rings (SSSR count). The van der Waals surface area contributed by atoms with Gasteiger partial charge in [-0.15, -0.1) is 0 Å². The number of para-hydroxylation sites is 1. The summed E-state index contributed by atoms with van der Waals surface area (Å²) in [5, 5.41) is 8.83. The molecule has 1 N–H and O–H groups in total. The molecule has 1 aromatic rings. The third-order valence-corrected chi connectivity index (χ3v) is 3.41. The molecule has 1 saturated carbocycles. The van der Waals surface area contributed by atoms with Gasteiger partial charge in [0.2, 0.25) is 5.91 Å². The van der Waals surface area contributed by atoms with E-state index >= 15 is 0 Å². The van der Waals surface area contributed by atoms with Crippen molar-refractivity contribution in [2.24, 2.45) is 5.92 Å². The van der Waals surface area contributed by atoms with Crippen LogP contribution >= 0.6 is 0 Å². The van der Waals surface area contributed by atoms with Gasteiger partial charge in [0, 0.05) is 18.2 Å². The molecule has 0 radical (unpaired) electrons. The molecule has 0 aromatic heterocycles. The zero-order chi connectivity index (χ0) is 13.8. The average Bonchev–Trinajstić information content (AvgIpc) is 3.23. The van der Waals surface area contributed by atoms with Crippen LogP contribution in [-0.2, 0) is 16.0 Å². The lowest BCUT2D eigenvalue weighted by molar-refractivity contribution is -0.136. The smallest absolute Gasteiger partial charge is 0.305 e. The predicted molar refractivity (Wildman–Crippen MR) is 73.1 cm³/mol. The van der Waals surface area contributed by atoms with Crippen LogP contribution in [0.2, 0.25) is 0 Å². The summed E-state index contributed by atoms with van der Waals surface area (Å²) < 4.78 is 0. The number of carbonyl (C=O) groups excluding carboxylic acids is 1. The van der Waals surface area contributed by atoms with Gasteiger partial charge in [0.15, 0.2) is 0 Å². The maximum atomic E-state index is 12.3. The van der Waals surface area contributed by atoms with Crippen LogP contribution in [0.3, 0.4) is 0 Å². The molecule has 1 fully saturated rings. The van der Waals surface area contributed by atoms with Crippen LogP contribution in [0.4, 0.5) is 5.69 Å². The van der Waals surface area contributed by atoms with Crippen LogP contribution in [0.1, 0.15) is 31.7 Å². The number of rotatable bonds is 6. The van der Waals surface area contributed by atoms with Crippen molar-refractivity contribution in [1.29, 1.82) is 0 Å². The Morgan fingerprint density at radius 1 is 1.32 bits per heavy atom. The summed E-state index contributed by atoms with van der Waals surface area (Å²) in [6, 6.07) is 7.73. The first kappa shape index (κ1) is 13.6. The lowest BCUT2D eigenvalue weighted by Crippen LogP contribution is -2.34. The number of amides is 1. The van der Waals surface area contributed by atoms with Gasteiger partial charge in [0.05, 0.1) is 6.42 Å². The molecule has 102 valence electrons. The van der Waals surface area contributed by atoms with Crippen molar-refractivity contribution >= 4 is 17.6 Å². The summed E-state index contributed by atoms with van der Waals surface area (Å²) in [6.07, 6.45) is 2.67. The van der Waals surface area contributed by atoms with Gasteiger partial charge in [-0.2, -0.15) is 0 Å². The van der Waals surface area contributed by atoms with Crippen LogP contribution in [-0.4, -0.2) is 23.5 Å². The quantitative estimate of drug-likeness (QED) is 0.855. The van der Waals surface area contributed by atoms with Crippen molar-refractivity contribution in [3.8, 4) is 0 Å². The highest BCUT2D eigenvalue weighted by Crippen LogP contribution is 2.33. The second kappa shape index (κ2) is 5.87. The van der Waals surface area contributed by atoms with Crippen molar-refractivity contribution < 1.29 is 14.7 Å². The topological polar surface area (TPSA) is 57.6 Å². The zero-order valence-corrected chi connectivity index (χ0v) is 11.1. The Bertz CT molecular complexity index is 480. The van der Waals surface area contributed by atoms with Gasteiger partial charge in [0.25, 0.3) is 0 Å². The Kier molecular flexibility index (Phi) is 4.20. The predicted octanol–water partition coefficient (Wildman–Crippen LogP) is 2.47. The molecule has 4 nitrogen and oxygen atoms in total. The number of aryl methyl sites for hydroxylation is 1. The first-order chi connectivity index (χ1) is 9.13. The molecular weight excluding hydrogens is 242 g/mol. The monoisotopic (exact) mass is 261 g/mol. The molecule has 0 aliphatic heterocycles. The first-order valence-electron chi connectivity index (χ1n) is 6.74. The third-order valence-electron chi connectivity index (χ3n) is 3.41. The van der Waals surface area contributed by atoms with Crippen molar-refractivity contribution in [2.45, 2.75) is 32.6 Å². The van der Waals surface area contributed by atoms with Crippen LogP contribution in [0.5, 0.6) is 0 Å². The van der Waals surface area contributed by atoms with Crippen molar-refractivity contribution in [2.75, 3.05) is 11.4 Å². The number of aliphatic carboxylic acids is 1. The minimum atomic E-state index is -0.873. The molecule has 19 heavy (non-hydrogen) atoms. The molecule has 4 heteroatoms. The molecular formula is C15H19NO3. The van der Waals surface area contributed by atoms with E-state index in [2.05, 4.69) is 0 Å². The van der Waals surface area contributed by atoms with Crippen molar-refractivity contribution in [3.63, 3.8) is 0 Å². The lowest BCUT2D eigenvalue weighted by Gasteiger charge is -2.24. The van der Waals surface area contributed by atoms with E-state index in [0.29, 0.717) is 0 Å². The molecule has 0 heterocycles. The second-order valence-electron chi connectivity index (χ2n) is 4.89. The number of anilines is 1. The summed E-state index contributed by atoms with van der Waals surface area (Å²) in [5.41, 5.74) is 1.95. The minimum absolute atomic E-state index is 0.0174. The molecule has 0 atom stereocenters. The molecule has 1 aliphatic carbocycles. The zero-order valence-electron chi connectivity index (χ0n) is 11.1. The van der Waals surface area contributed by atoms with Gasteiger partial charge in [-0.3, -0.25) is 9.59 Å². The number of nitrogens with zero attached hydrogens (tertiary/aromatic N) is 1. The van der Waals surface area contributed by atoms with Gasteiger partial charge in [-0.1, -0.05) is 25.1 Å². The Labute approximate surface area is 113 Å². The Hall–Kier alpha value is -1.84. The van der Waals surface area contributed by atoms with E-state index in [1.54, 1.807) is 4.90 Å². The fraction of sp³-hybridized carbons (Fsp3) is 0.467. The summed E-state index contributed by atoms with van der Waals surface area (Å²) in [7, 11) is 0. The maximum absolute atomic E-state index is 12.3. The van der Waals surface area contributed by atoms with E-state index < -0.39 is 5.97 Å². The van der Waals surface area contributed by atoms with Crippen LogP contribution in [0.25, 0.3) is 0 Å². The molecule has 1 amide bonds. The minimum Gasteiger partial charge on any atom is -0.481 e. The van der Waals surface area contributed by atoms with Gasteiger partial charge in [-0.05, 0) is 30.9 Å². The van der Waals surface area contributed by atoms with Crippen molar-refractivity contribution in [3.05, 3.63) is 29.8 Å². The normalized spacial score (nSPS) is 14.2. The standard InChI is InChI=1S/C15H19NO3/c1-2-11-5-3-4-6-13(11)16(10-9-14(17)18)15(19)12-7-8-12/h3-6,12H,2,7-10H2,1H3,(H,17,18). The Morgan fingerprint density at radius 2 is 2.00 bits per heavy atom. The highest BCUT2D eigenvalue weighted by molar-refractivity contribution is 5.97. The highest BCUT2D eigenvalue weighted by Gasteiger charge is 2.34. The molecule has 0 saturated heterocycles. The summed E-state index contributed by atoms with van der Waals surface area (Å²) in [4.78, 5) is 24.7. The largest absolute Gasteiger partial charge is 0.481 e. The van der Waals surface area contributed by atoms with Crippen LogP contribution < -0.4 is 4.90 Å². The van der Waals surface area contributed by atoms with Crippen LogP contribution in [0.15, 0.2) is 24.3 Å². The number of benzene rings is 1. The summed E-state index contributed by atoms with van der Waals surface area (Å²) >= 11 is 0. The Morgan fingerprint density at radius 3 is 2.58 bits per heavy atom. The lowest BCUT2D eigenvalue weighted by atomic mass is 10.1. The second-order valence-corrected chi connectivity index (χ2v) is 4.89. The first-order valence-corrected chi connectivity index (χ1v) is 6.74. The molecule has 1 aromatic carbocycles. The van der Waals surface area contributed by atoms with Crippen molar-refractivity contribution in [1.82, 2.24) is 0 Å². The summed E-state index contributed by atoms with van der Waals surface area (Å²) in [5.74, 6) is -0.705. The molecule has 0 unspecified atom stereocenters. The fourth-order valence-corrected chi connectivity index (χ4v) is 2.18. The number of carboxylic acids is 1. The molecule has 0 bridgehead atoms. The number of carbonyl (C=O) groups is 2. The highest BCUT2D eigenvalue weighted by atomic mass is 16.4. The van der Waals surface area contributed by atoms with E-state index in [4.69, 9.17) is 5.11 Å². The Balaban J connectivity index is 2.24. The van der Waals surface area contributed by atoms with E-state index in [-0.39, 0.29) is 24.8 Å². The maximum Gasteiger partial charge on any atom is 0.305 e. The van der Waals surface area contributed by atoms with E-state index in [1.165, 1.54) is 0 Å². The van der Waals surface area contributed by atoms with Gasteiger partial charge >= 0.3 is 5.97 Å². The SMILES string of the molecule is CCc1ccccc1N(CCC(=O)O)C(=O)C1CC1. The van der Waals surface area contributed by atoms with E-state index in [1.807, 2.05) is 31.2 Å². The number of carboxylic acid groups (broad SMARTS) is 1. The fourth-order valence-electron chi connectivity index (χ4n) is 2.18.